The van der Waals surface area contributed by atoms with Crippen molar-refractivity contribution in [3.8, 4) is 34.5 Å². The van der Waals surface area contributed by atoms with Crippen molar-refractivity contribution < 1.29 is 72.3 Å². The van der Waals surface area contributed by atoms with E-state index in [0.717, 1.165) is 130 Å². The molecule has 0 unspecified atom stereocenters. The molecule has 0 aliphatic heterocycles. The largest absolute Gasteiger partial charge is 0.494 e. The number of anilines is 1. The van der Waals surface area contributed by atoms with Crippen LogP contribution in [0.15, 0.2) is 121 Å². The number of carbonyl (C=O) groups excluding carboxylic acids is 4. The third-order valence-corrected chi connectivity index (χ3v) is 17.9. The Balaban J connectivity index is 0.884. The maximum Gasteiger partial charge on any atom is 0.330 e. The zero-order valence-corrected chi connectivity index (χ0v) is 55.3. The molecule has 0 atom stereocenters. The standard InChI is InChI=1S/C74H99N3O15S/c1-3-70(79)85-51-25-17-15-23-49-83-62-37-41-64(42-38-62)89-72(81)59-33-31-58(32-34-59)56-88-92-68-46-45-66(53-61(68)54-75-77(74-76-67-27-19-20-28-69(67)93-74)47-21-13-11-9-7-5-6-8-10-12-14-22-48-78)90-73(82)60-35-29-57(30-36-60)55-87-91-65-43-39-63(40-44-65)84-50-24-16-18-26-52-86-71(80)4-2/h3-4,19-20,27-28,37-46,53-54,57-60,78H,1-2,5-18,21-26,29-36,47-52,55-56H2/b75-54+. The molecule has 0 amide bonds. The molecule has 2 aliphatic rings. The van der Waals surface area contributed by atoms with Crippen molar-refractivity contribution >= 4 is 56.8 Å². The van der Waals surface area contributed by atoms with Crippen LogP contribution in [0.5, 0.6) is 34.5 Å². The number of ether oxygens (including phenoxy) is 6. The third kappa shape index (κ3) is 28.4. The molecule has 2 saturated carbocycles. The number of unbranched alkanes of at least 4 members (excludes halogenated alkanes) is 17. The van der Waals surface area contributed by atoms with E-state index in [-0.39, 0.29) is 42.2 Å². The van der Waals surface area contributed by atoms with E-state index in [1.807, 2.05) is 59.6 Å². The van der Waals surface area contributed by atoms with Gasteiger partial charge < -0.3 is 43.3 Å². The highest BCUT2D eigenvalue weighted by atomic mass is 32.1. The molecule has 2 aliphatic carbocycles. The molecule has 18 nitrogen and oxygen atoms in total. The second kappa shape index (κ2) is 43.6. The number of fused-ring (bicyclic) bond motifs is 1. The number of carbonyl (C=O) groups is 4. The highest BCUT2D eigenvalue weighted by molar-refractivity contribution is 7.22. The van der Waals surface area contributed by atoms with Crippen molar-refractivity contribution in [2.75, 3.05) is 57.8 Å². The molecule has 0 spiro atoms. The Hall–Kier alpha value is -7.32. The lowest BCUT2D eigenvalue weighted by atomic mass is 9.82. The number of thiazole rings is 1. The number of benzene rings is 4. The number of para-hydroxylation sites is 1. The number of esters is 4. The molecule has 5 aromatic rings. The first-order valence-corrected chi connectivity index (χ1v) is 35.0. The van der Waals surface area contributed by atoms with Crippen LogP contribution in [0, 0.1) is 23.7 Å². The molecule has 1 N–H and O–H groups in total. The van der Waals surface area contributed by atoms with Crippen LogP contribution in [0.1, 0.15) is 185 Å². The minimum atomic E-state index is -0.400. The lowest BCUT2D eigenvalue weighted by Crippen LogP contribution is -2.27. The van der Waals surface area contributed by atoms with Crippen molar-refractivity contribution in [2.45, 2.75) is 180 Å². The predicted octanol–water partition coefficient (Wildman–Crippen LogP) is 16.6. The van der Waals surface area contributed by atoms with E-state index in [9.17, 15) is 19.2 Å². The lowest BCUT2D eigenvalue weighted by Gasteiger charge is -2.27. The highest BCUT2D eigenvalue weighted by Gasteiger charge is 2.30. The minimum Gasteiger partial charge on any atom is -0.494 e. The Morgan fingerprint density at radius 2 is 0.968 bits per heavy atom. The second-order valence-corrected chi connectivity index (χ2v) is 25.2. The highest BCUT2D eigenvalue weighted by Crippen LogP contribution is 2.35. The number of nitrogens with zero attached hydrogens (tertiary/aromatic N) is 3. The van der Waals surface area contributed by atoms with Gasteiger partial charge in [0.25, 0.3) is 0 Å². The van der Waals surface area contributed by atoms with Crippen LogP contribution in [-0.2, 0) is 38.4 Å². The van der Waals surface area contributed by atoms with E-state index >= 15 is 0 Å². The molecular weight excluding hydrogens is 1200 g/mol. The van der Waals surface area contributed by atoms with Gasteiger partial charge in [-0.05, 0) is 206 Å². The van der Waals surface area contributed by atoms with Gasteiger partial charge in [0.05, 0.1) is 67.9 Å². The normalized spacial score (nSPS) is 16.3. The minimum absolute atomic E-state index is 0.162. The van der Waals surface area contributed by atoms with Crippen molar-refractivity contribution in [2.24, 2.45) is 28.8 Å². The van der Waals surface area contributed by atoms with Gasteiger partial charge in [0.2, 0.25) is 5.13 Å². The molecule has 93 heavy (non-hydrogen) atoms. The Labute approximate surface area is 554 Å². The number of hydrogen-bond donors (Lipinski definition) is 1. The van der Waals surface area contributed by atoms with Crippen LogP contribution in [0.25, 0.3) is 10.2 Å². The van der Waals surface area contributed by atoms with Crippen molar-refractivity contribution in [1.29, 1.82) is 0 Å². The SMILES string of the molecule is C=CC(=O)OCCCCCCOc1ccc(OOCC2CCC(C(=O)Oc3ccc(OOCC4CCC(C(=O)Oc5ccc(OCCCCCCOC(=O)C=C)cc5)CC4)c(/C=N/N(CCCCCCCCCCCCCCO)c4nc5ccccc5s4)c3)CC2)cc1. The van der Waals surface area contributed by atoms with Crippen LogP contribution in [0.4, 0.5) is 5.13 Å². The summed E-state index contributed by atoms with van der Waals surface area (Å²) in [4.78, 5) is 77.9. The maximum atomic E-state index is 13.8. The molecule has 4 aromatic carbocycles. The van der Waals surface area contributed by atoms with Crippen LogP contribution in [0.3, 0.4) is 0 Å². The topological polar surface area (TPSA) is 209 Å². The Morgan fingerprint density at radius 1 is 0.516 bits per heavy atom. The Morgan fingerprint density at radius 3 is 1.49 bits per heavy atom. The molecule has 7 rings (SSSR count). The number of aliphatic hydroxyl groups is 1. The predicted molar refractivity (Wildman–Crippen MR) is 362 cm³/mol. The smallest absolute Gasteiger partial charge is 0.330 e. The first-order valence-electron chi connectivity index (χ1n) is 34.1. The second-order valence-electron chi connectivity index (χ2n) is 24.2. The summed E-state index contributed by atoms with van der Waals surface area (Å²) in [6.45, 7) is 10.4. The van der Waals surface area contributed by atoms with Crippen molar-refractivity contribution in [3.63, 3.8) is 0 Å². The van der Waals surface area contributed by atoms with E-state index in [2.05, 4.69) is 19.2 Å². The third-order valence-electron chi connectivity index (χ3n) is 16.9. The summed E-state index contributed by atoms with van der Waals surface area (Å²) in [5.74, 6) is 1.84. The van der Waals surface area contributed by atoms with Gasteiger partial charge in [-0.3, -0.25) is 9.59 Å². The van der Waals surface area contributed by atoms with Crippen LogP contribution >= 0.6 is 11.3 Å². The zero-order chi connectivity index (χ0) is 65.3. The van der Waals surface area contributed by atoms with E-state index < -0.39 is 11.9 Å². The Bertz CT molecular complexity index is 2960. The quantitative estimate of drug-likeness (QED) is 0.00730. The van der Waals surface area contributed by atoms with Gasteiger partial charge in [0.15, 0.2) is 11.5 Å². The summed E-state index contributed by atoms with van der Waals surface area (Å²) in [5, 5.41) is 16.9. The number of aromatic nitrogens is 1. The van der Waals surface area contributed by atoms with Gasteiger partial charge in [-0.2, -0.15) is 14.9 Å². The van der Waals surface area contributed by atoms with Crippen molar-refractivity contribution in [3.05, 3.63) is 122 Å². The molecule has 0 radical (unpaired) electrons. The number of aliphatic hydroxyl groups excluding tert-OH is 1. The molecular formula is C74H99N3O15S. The molecule has 1 aromatic heterocycles. The van der Waals surface area contributed by atoms with E-state index in [1.54, 1.807) is 47.9 Å². The Kier molecular flexibility index (Phi) is 34.2. The number of rotatable bonds is 47. The van der Waals surface area contributed by atoms with E-state index in [1.165, 1.54) is 57.1 Å². The number of hydrazone groups is 1. The average molecular weight is 1300 g/mol. The van der Waals surface area contributed by atoms with Crippen LogP contribution in [-0.4, -0.2) is 93.0 Å². The van der Waals surface area contributed by atoms with E-state index in [4.69, 9.17) is 63.2 Å². The lowest BCUT2D eigenvalue weighted by molar-refractivity contribution is -0.218. The first kappa shape index (κ1) is 73.1. The number of hydrogen-bond acceptors (Lipinski definition) is 19. The van der Waals surface area contributed by atoms with Gasteiger partial charge in [-0.15, -0.1) is 0 Å². The summed E-state index contributed by atoms with van der Waals surface area (Å²) in [7, 11) is 0. The molecule has 0 bridgehead atoms. The molecule has 19 heteroatoms. The molecule has 2 fully saturated rings. The summed E-state index contributed by atoms with van der Waals surface area (Å²) in [6, 6.07) is 27.8. The average Bonchev–Trinajstić information content (AvgIpc) is 2.05. The first-order chi connectivity index (χ1) is 45.7. The van der Waals surface area contributed by atoms with E-state index in [0.29, 0.717) is 106 Å². The van der Waals surface area contributed by atoms with Gasteiger partial charge in [0.1, 0.15) is 23.0 Å². The maximum absolute atomic E-state index is 13.8. The molecule has 0 saturated heterocycles. The van der Waals surface area contributed by atoms with Gasteiger partial charge >= 0.3 is 23.9 Å². The monoisotopic (exact) mass is 1300 g/mol. The fourth-order valence-electron chi connectivity index (χ4n) is 11.3. The summed E-state index contributed by atoms with van der Waals surface area (Å²) in [6.07, 6.45) is 30.8. The molecule has 1 heterocycles. The molecule has 506 valence electrons. The van der Waals surface area contributed by atoms with Crippen LogP contribution < -0.4 is 33.7 Å². The summed E-state index contributed by atoms with van der Waals surface area (Å²) >= 11 is 1.60. The fourth-order valence-corrected chi connectivity index (χ4v) is 12.2. The zero-order valence-electron chi connectivity index (χ0n) is 54.5. The summed E-state index contributed by atoms with van der Waals surface area (Å²) in [5.41, 5.74) is 1.48. The van der Waals surface area contributed by atoms with Crippen molar-refractivity contribution in [1.82, 2.24) is 4.98 Å². The van der Waals surface area contributed by atoms with Gasteiger partial charge in [0, 0.05) is 30.9 Å². The summed E-state index contributed by atoms with van der Waals surface area (Å²) < 4.78 is 34.8. The van der Waals surface area contributed by atoms with Crippen LogP contribution in [0.2, 0.25) is 0 Å². The van der Waals surface area contributed by atoms with Gasteiger partial charge in [-0.1, -0.05) is 101 Å². The fraction of sp³-hybridized carbons (Fsp3) is 0.541. The van der Waals surface area contributed by atoms with Gasteiger partial charge in [-0.25, -0.2) is 19.6 Å².